The summed E-state index contributed by atoms with van der Waals surface area (Å²) in [6.45, 7) is 1.32. The highest BCUT2D eigenvalue weighted by atomic mass is 32.2. The number of amides is 3. The molecule has 10 heteroatoms. The maximum absolute atomic E-state index is 12.6. The zero-order valence-electron chi connectivity index (χ0n) is 17.8. The van der Waals surface area contributed by atoms with Crippen LogP contribution in [0.2, 0.25) is 0 Å². The molecule has 0 atom stereocenters. The van der Waals surface area contributed by atoms with E-state index in [2.05, 4.69) is 10.5 Å². The molecule has 4 rings (SSSR count). The van der Waals surface area contributed by atoms with E-state index in [9.17, 15) is 19.2 Å². The van der Waals surface area contributed by atoms with Crippen molar-refractivity contribution in [1.82, 2.24) is 10.1 Å². The van der Waals surface area contributed by atoms with Crippen LogP contribution in [0.1, 0.15) is 42.5 Å². The van der Waals surface area contributed by atoms with E-state index in [0.29, 0.717) is 27.7 Å². The number of rotatable bonds is 7. The van der Waals surface area contributed by atoms with Crippen molar-refractivity contribution in [1.29, 1.82) is 0 Å². The van der Waals surface area contributed by atoms with Crippen molar-refractivity contribution in [3.05, 3.63) is 76.7 Å². The zero-order valence-corrected chi connectivity index (χ0v) is 18.6. The van der Waals surface area contributed by atoms with Crippen molar-refractivity contribution in [3.63, 3.8) is 0 Å². The number of aromatic nitrogens is 1. The monoisotopic (exact) mass is 465 g/mol. The summed E-state index contributed by atoms with van der Waals surface area (Å²) < 4.78 is 10.4. The van der Waals surface area contributed by atoms with E-state index in [0.717, 1.165) is 10.6 Å². The standard InChI is InChI=1S/C23H19N3O6S/c1-13-9-15(32-25-13)12-33-19-6-4-3-5-17(19)23(30)31-11-20(27)24-14-7-8-16-18(10-14)22(29)26(2)21(16)28/h3-10H,11-12H2,1-2H3,(H,24,27). The third-order valence-electron chi connectivity index (χ3n) is 4.86. The Balaban J connectivity index is 1.35. The van der Waals surface area contributed by atoms with Gasteiger partial charge in [-0.15, -0.1) is 11.8 Å². The predicted molar refractivity (Wildman–Crippen MR) is 119 cm³/mol. The molecule has 3 aromatic rings. The minimum absolute atomic E-state index is 0.213. The molecule has 0 bridgehead atoms. The summed E-state index contributed by atoms with van der Waals surface area (Å²) in [4.78, 5) is 50.6. The van der Waals surface area contributed by atoms with Crippen LogP contribution < -0.4 is 5.32 Å². The SMILES string of the molecule is Cc1cc(CSc2ccccc2C(=O)OCC(=O)Nc2ccc3c(c2)C(=O)N(C)C3=O)on1. The van der Waals surface area contributed by atoms with Crippen molar-refractivity contribution in [2.75, 3.05) is 19.0 Å². The number of carbonyl (C=O) groups excluding carboxylic acids is 4. The van der Waals surface area contributed by atoms with Gasteiger partial charge >= 0.3 is 5.97 Å². The van der Waals surface area contributed by atoms with Gasteiger partial charge in [0, 0.05) is 23.7 Å². The second-order valence-corrected chi connectivity index (χ2v) is 8.29. The Kier molecular flexibility index (Phi) is 6.27. The Morgan fingerprint density at radius 2 is 1.85 bits per heavy atom. The quantitative estimate of drug-likeness (QED) is 0.321. The third kappa shape index (κ3) is 4.80. The molecule has 3 amide bonds. The van der Waals surface area contributed by atoms with Crippen LogP contribution in [-0.4, -0.2) is 47.4 Å². The normalized spacial score (nSPS) is 12.6. The van der Waals surface area contributed by atoms with Crippen molar-refractivity contribution in [3.8, 4) is 0 Å². The average Bonchev–Trinajstić information content (AvgIpc) is 3.32. The summed E-state index contributed by atoms with van der Waals surface area (Å²) in [5.41, 5.74) is 1.92. The Morgan fingerprint density at radius 3 is 2.61 bits per heavy atom. The van der Waals surface area contributed by atoms with E-state index in [4.69, 9.17) is 9.26 Å². The lowest BCUT2D eigenvalue weighted by Gasteiger charge is -2.10. The molecule has 9 nitrogen and oxygen atoms in total. The van der Waals surface area contributed by atoms with Crippen LogP contribution in [0.15, 0.2) is 57.9 Å². The van der Waals surface area contributed by atoms with Crippen LogP contribution in [0, 0.1) is 6.92 Å². The molecule has 2 aromatic carbocycles. The number of imide groups is 1. The maximum atomic E-state index is 12.6. The molecule has 0 unspecified atom stereocenters. The number of fused-ring (bicyclic) bond motifs is 1. The van der Waals surface area contributed by atoms with Gasteiger partial charge in [-0.2, -0.15) is 0 Å². The highest BCUT2D eigenvalue weighted by Gasteiger charge is 2.32. The number of nitrogens with one attached hydrogen (secondary N) is 1. The Bertz CT molecular complexity index is 1270. The first-order valence-electron chi connectivity index (χ1n) is 9.91. The van der Waals surface area contributed by atoms with E-state index in [1.54, 1.807) is 24.3 Å². The Labute approximate surface area is 193 Å². The maximum Gasteiger partial charge on any atom is 0.339 e. The second-order valence-electron chi connectivity index (χ2n) is 7.27. The van der Waals surface area contributed by atoms with Crippen molar-refractivity contribution in [2.24, 2.45) is 0 Å². The van der Waals surface area contributed by atoms with Crippen molar-refractivity contribution < 1.29 is 28.4 Å². The summed E-state index contributed by atoms with van der Waals surface area (Å²) >= 11 is 1.39. The van der Waals surface area contributed by atoms with Gasteiger partial charge in [-0.05, 0) is 37.3 Å². The molecule has 2 heterocycles. The number of benzene rings is 2. The number of anilines is 1. The number of aryl methyl sites for hydroxylation is 1. The molecule has 0 radical (unpaired) electrons. The topological polar surface area (TPSA) is 119 Å². The molecule has 0 aliphatic carbocycles. The molecule has 0 spiro atoms. The molecule has 0 saturated heterocycles. The minimum Gasteiger partial charge on any atom is -0.452 e. The number of thioether (sulfide) groups is 1. The van der Waals surface area contributed by atoms with Crippen LogP contribution in [0.25, 0.3) is 0 Å². The fraction of sp³-hybridized carbons (Fsp3) is 0.174. The first kappa shape index (κ1) is 22.3. The molecule has 0 fully saturated rings. The summed E-state index contributed by atoms with van der Waals surface area (Å²) in [6.07, 6.45) is 0. The Hall–Kier alpha value is -3.92. The van der Waals surface area contributed by atoms with Crippen LogP contribution >= 0.6 is 11.8 Å². The first-order valence-corrected chi connectivity index (χ1v) is 10.9. The molecule has 168 valence electrons. The largest absolute Gasteiger partial charge is 0.452 e. The minimum atomic E-state index is -0.640. The van der Waals surface area contributed by atoms with Crippen LogP contribution in [0.4, 0.5) is 5.69 Å². The number of ether oxygens (including phenoxy) is 1. The van der Waals surface area contributed by atoms with E-state index >= 15 is 0 Å². The fourth-order valence-electron chi connectivity index (χ4n) is 3.24. The molecular formula is C23H19N3O6S. The van der Waals surface area contributed by atoms with Gasteiger partial charge in [0.25, 0.3) is 17.7 Å². The molecule has 1 aliphatic heterocycles. The predicted octanol–water partition coefficient (Wildman–Crippen LogP) is 3.30. The highest BCUT2D eigenvalue weighted by molar-refractivity contribution is 7.98. The van der Waals surface area contributed by atoms with Gasteiger partial charge in [-0.3, -0.25) is 19.3 Å². The average molecular weight is 465 g/mol. The van der Waals surface area contributed by atoms with Gasteiger partial charge < -0.3 is 14.6 Å². The van der Waals surface area contributed by atoms with Gasteiger partial charge in [-0.1, -0.05) is 17.3 Å². The molecule has 1 aromatic heterocycles. The number of esters is 1. The number of hydrogen-bond donors (Lipinski definition) is 1. The third-order valence-corrected chi connectivity index (χ3v) is 5.96. The lowest BCUT2D eigenvalue weighted by Crippen LogP contribution is -2.24. The second kappa shape index (κ2) is 9.29. The molecule has 0 saturated carbocycles. The summed E-state index contributed by atoms with van der Waals surface area (Å²) in [5, 5.41) is 6.41. The van der Waals surface area contributed by atoms with E-state index in [-0.39, 0.29) is 11.1 Å². The number of hydrogen-bond acceptors (Lipinski definition) is 8. The van der Waals surface area contributed by atoms with E-state index < -0.39 is 30.3 Å². The lowest BCUT2D eigenvalue weighted by atomic mass is 10.1. The summed E-state index contributed by atoms with van der Waals surface area (Å²) in [6, 6.07) is 13.1. The van der Waals surface area contributed by atoms with Crippen LogP contribution in [-0.2, 0) is 15.3 Å². The van der Waals surface area contributed by atoms with Crippen LogP contribution in [0.3, 0.4) is 0 Å². The lowest BCUT2D eigenvalue weighted by molar-refractivity contribution is -0.119. The molecule has 33 heavy (non-hydrogen) atoms. The Morgan fingerprint density at radius 1 is 1.09 bits per heavy atom. The van der Waals surface area contributed by atoms with Gasteiger partial charge in [-0.25, -0.2) is 4.79 Å². The number of carbonyl (C=O) groups is 4. The highest BCUT2D eigenvalue weighted by Crippen LogP contribution is 2.27. The van der Waals surface area contributed by atoms with Crippen molar-refractivity contribution >= 4 is 41.1 Å². The van der Waals surface area contributed by atoms with Crippen LogP contribution in [0.5, 0.6) is 0 Å². The number of nitrogens with zero attached hydrogens (tertiary/aromatic N) is 2. The first-order chi connectivity index (χ1) is 15.8. The zero-order chi connectivity index (χ0) is 23.5. The van der Waals surface area contributed by atoms with Gasteiger partial charge in [0.2, 0.25) is 0 Å². The van der Waals surface area contributed by atoms with Crippen molar-refractivity contribution in [2.45, 2.75) is 17.6 Å². The smallest absolute Gasteiger partial charge is 0.339 e. The van der Waals surface area contributed by atoms with Gasteiger partial charge in [0.15, 0.2) is 6.61 Å². The summed E-state index contributed by atoms with van der Waals surface area (Å²) in [7, 11) is 1.39. The van der Waals surface area contributed by atoms with E-state index in [1.165, 1.54) is 37.0 Å². The van der Waals surface area contributed by atoms with E-state index in [1.807, 2.05) is 13.0 Å². The molecule has 1 aliphatic rings. The summed E-state index contributed by atoms with van der Waals surface area (Å²) in [5.74, 6) is -0.876. The van der Waals surface area contributed by atoms with Gasteiger partial charge in [0.1, 0.15) is 5.76 Å². The fourth-order valence-corrected chi connectivity index (χ4v) is 4.15. The molecule has 1 N–H and O–H groups in total. The molecular weight excluding hydrogens is 446 g/mol. The van der Waals surface area contributed by atoms with Gasteiger partial charge in [0.05, 0.1) is 28.1 Å².